The zero-order chi connectivity index (χ0) is 27.9. The molecule has 1 aliphatic heterocycles. The molecule has 4 heteroatoms. The molecule has 0 saturated carbocycles. The highest BCUT2D eigenvalue weighted by Crippen LogP contribution is 2.73. The number of hydrogen-bond donors (Lipinski definition) is 0. The second-order valence-corrected chi connectivity index (χ2v) is 14.5. The molecule has 0 fully saturated rings. The first kappa shape index (κ1) is 25.2. The Morgan fingerprint density at radius 1 is 0.524 bits per heavy atom. The summed E-state index contributed by atoms with van der Waals surface area (Å²) in [7, 11) is -1.75. The van der Waals surface area contributed by atoms with E-state index in [-0.39, 0.29) is 0 Å². The molecule has 0 unspecified atom stereocenters. The van der Waals surface area contributed by atoms with Crippen molar-refractivity contribution in [3.63, 3.8) is 0 Å². The second-order valence-electron chi connectivity index (χ2n) is 10.4. The molecule has 2 heterocycles. The standard InChI is InChI=1S/C38H28N2S2/c1-4-15-31(16-5-1)42(32-17-6-2-7-18-32,33-19-8-3-9-20-33)34-21-12-14-28(25-34)29-23-24-35-37(26-29)40-36-22-11-10-13-30(36)27-41-38(40)39-35/h1-26H,27H2. The van der Waals surface area contributed by atoms with Crippen LogP contribution in [0.25, 0.3) is 27.8 Å². The Kier molecular flexibility index (Phi) is 6.24. The molecular formula is C38H28N2S2. The number of nitrogens with zero attached hydrogens (tertiary/aromatic N) is 2. The smallest absolute Gasteiger partial charge is 0.174 e. The van der Waals surface area contributed by atoms with E-state index >= 15 is 0 Å². The molecule has 0 saturated heterocycles. The van der Waals surface area contributed by atoms with Gasteiger partial charge in [-0.3, -0.25) is 4.57 Å². The molecular weight excluding hydrogens is 549 g/mol. The maximum atomic E-state index is 4.99. The molecule has 0 aliphatic carbocycles. The number of hydrogen-bond acceptors (Lipinski definition) is 2. The maximum Gasteiger partial charge on any atom is 0.174 e. The van der Waals surface area contributed by atoms with Gasteiger partial charge in [0.2, 0.25) is 0 Å². The van der Waals surface area contributed by atoms with Crippen molar-refractivity contribution in [3.8, 4) is 16.8 Å². The van der Waals surface area contributed by atoms with Crippen molar-refractivity contribution < 1.29 is 0 Å². The Hall–Kier alpha value is -4.51. The van der Waals surface area contributed by atoms with E-state index in [1.165, 1.54) is 42.0 Å². The normalized spacial score (nSPS) is 13.0. The molecule has 0 amide bonds. The molecule has 7 aromatic rings. The van der Waals surface area contributed by atoms with Crippen molar-refractivity contribution in [1.82, 2.24) is 9.55 Å². The van der Waals surface area contributed by atoms with Crippen molar-refractivity contribution in [2.75, 3.05) is 0 Å². The van der Waals surface area contributed by atoms with Gasteiger partial charge in [0, 0.05) is 25.3 Å². The third-order valence-electron chi connectivity index (χ3n) is 8.02. The van der Waals surface area contributed by atoms with Crippen LogP contribution in [0.5, 0.6) is 0 Å². The molecule has 0 radical (unpaired) electrons. The number of rotatable bonds is 5. The fourth-order valence-electron chi connectivity index (χ4n) is 6.11. The molecule has 0 bridgehead atoms. The number of benzene rings is 6. The van der Waals surface area contributed by atoms with Crippen molar-refractivity contribution in [2.24, 2.45) is 0 Å². The lowest BCUT2D eigenvalue weighted by Gasteiger charge is -2.42. The molecule has 0 atom stereocenters. The Bertz CT molecular complexity index is 1940. The van der Waals surface area contributed by atoms with E-state index in [9.17, 15) is 0 Å². The van der Waals surface area contributed by atoms with Crippen LogP contribution in [0, 0.1) is 0 Å². The van der Waals surface area contributed by atoms with Crippen molar-refractivity contribution >= 4 is 32.8 Å². The number of fused-ring (bicyclic) bond motifs is 5. The Labute approximate surface area is 252 Å². The first-order chi connectivity index (χ1) is 20.8. The fourth-order valence-corrected chi connectivity index (χ4v) is 11.0. The van der Waals surface area contributed by atoms with Crippen LogP contribution in [0.4, 0.5) is 0 Å². The van der Waals surface area contributed by atoms with Crippen LogP contribution in [0.2, 0.25) is 0 Å². The third-order valence-corrected chi connectivity index (χ3v) is 12.9. The highest BCUT2D eigenvalue weighted by Gasteiger charge is 2.33. The van der Waals surface area contributed by atoms with Gasteiger partial charge in [0.1, 0.15) is 0 Å². The van der Waals surface area contributed by atoms with E-state index in [1.807, 2.05) is 11.8 Å². The molecule has 8 rings (SSSR count). The SMILES string of the molecule is c1ccc(S(c2ccccc2)(c2ccccc2)c2cccc(-c3ccc4nc5n(c4c3)-c3ccccc3CS5)c2)cc1. The third kappa shape index (κ3) is 4.02. The highest BCUT2D eigenvalue weighted by atomic mass is 32.3. The summed E-state index contributed by atoms with van der Waals surface area (Å²) in [5.74, 6) is 0.956. The van der Waals surface area contributed by atoms with Gasteiger partial charge in [-0.05, 0) is 83.4 Å². The van der Waals surface area contributed by atoms with E-state index in [1.54, 1.807) is 0 Å². The molecule has 42 heavy (non-hydrogen) atoms. The zero-order valence-electron chi connectivity index (χ0n) is 22.9. The Balaban J connectivity index is 1.35. The molecule has 0 spiro atoms. The number of aromatic nitrogens is 2. The summed E-state index contributed by atoms with van der Waals surface area (Å²) >= 11 is 1.81. The minimum Gasteiger partial charge on any atom is -0.287 e. The fraction of sp³-hybridized carbons (Fsp3) is 0.0263. The van der Waals surface area contributed by atoms with Crippen LogP contribution >= 0.6 is 21.8 Å². The second kappa shape index (κ2) is 10.4. The van der Waals surface area contributed by atoms with Gasteiger partial charge in [-0.15, -0.1) is 10.0 Å². The van der Waals surface area contributed by atoms with Gasteiger partial charge in [0.05, 0.1) is 16.7 Å². The van der Waals surface area contributed by atoms with Gasteiger partial charge in [-0.1, -0.05) is 103 Å². The average Bonchev–Trinajstić information content (AvgIpc) is 3.45. The summed E-state index contributed by atoms with van der Waals surface area (Å²) in [6.07, 6.45) is 0. The lowest BCUT2D eigenvalue weighted by atomic mass is 10.1. The van der Waals surface area contributed by atoms with Gasteiger partial charge in [-0.2, -0.15) is 0 Å². The number of para-hydroxylation sites is 1. The van der Waals surface area contributed by atoms with E-state index in [0.29, 0.717) is 0 Å². The maximum absolute atomic E-state index is 4.99. The van der Waals surface area contributed by atoms with Crippen LogP contribution in [0.3, 0.4) is 0 Å². The quantitative estimate of drug-likeness (QED) is 0.203. The lowest BCUT2D eigenvalue weighted by molar-refractivity contribution is 0.894. The Morgan fingerprint density at radius 2 is 1.10 bits per heavy atom. The summed E-state index contributed by atoms with van der Waals surface area (Å²) in [6, 6.07) is 57.7. The summed E-state index contributed by atoms with van der Waals surface area (Å²) in [6.45, 7) is 0. The van der Waals surface area contributed by atoms with Crippen LogP contribution in [0.15, 0.2) is 182 Å². The largest absolute Gasteiger partial charge is 0.287 e. The Morgan fingerprint density at radius 3 is 1.76 bits per heavy atom. The summed E-state index contributed by atoms with van der Waals surface area (Å²) in [5.41, 5.74) is 7.18. The van der Waals surface area contributed by atoms with Gasteiger partial charge < -0.3 is 0 Å². The monoisotopic (exact) mass is 576 g/mol. The van der Waals surface area contributed by atoms with Crippen LogP contribution in [0.1, 0.15) is 5.56 Å². The molecule has 2 nitrogen and oxygen atoms in total. The van der Waals surface area contributed by atoms with Crippen LogP contribution in [-0.2, 0) is 5.75 Å². The minimum atomic E-state index is -1.75. The average molecular weight is 577 g/mol. The van der Waals surface area contributed by atoms with Gasteiger partial charge in [-0.25, -0.2) is 4.98 Å². The number of thioether (sulfide) groups is 1. The molecule has 202 valence electrons. The van der Waals surface area contributed by atoms with E-state index in [4.69, 9.17) is 4.98 Å². The van der Waals surface area contributed by atoms with Crippen LogP contribution in [-0.4, -0.2) is 9.55 Å². The minimum absolute atomic E-state index is 0.956. The lowest BCUT2D eigenvalue weighted by Crippen LogP contribution is -2.05. The van der Waals surface area contributed by atoms with Crippen molar-refractivity contribution in [3.05, 3.63) is 163 Å². The number of imidazole rings is 1. The molecule has 1 aromatic heterocycles. The van der Waals surface area contributed by atoms with E-state index in [0.717, 1.165) is 21.9 Å². The van der Waals surface area contributed by atoms with Gasteiger partial charge in [0.15, 0.2) is 5.16 Å². The first-order valence-corrected chi connectivity index (χ1v) is 16.8. The highest BCUT2D eigenvalue weighted by molar-refractivity contribution is 8.34. The predicted octanol–water partition coefficient (Wildman–Crippen LogP) is 10.6. The summed E-state index contributed by atoms with van der Waals surface area (Å²) < 4.78 is 2.33. The van der Waals surface area contributed by atoms with Crippen LogP contribution < -0.4 is 0 Å². The topological polar surface area (TPSA) is 17.8 Å². The van der Waals surface area contributed by atoms with Crippen molar-refractivity contribution in [2.45, 2.75) is 30.5 Å². The van der Waals surface area contributed by atoms with Gasteiger partial charge in [0.25, 0.3) is 0 Å². The van der Waals surface area contributed by atoms with Gasteiger partial charge >= 0.3 is 0 Å². The summed E-state index contributed by atoms with van der Waals surface area (Å²) in [4.78, 5) is 10.3. The first-order valence-electron chi connectivity index (χ1n) is 14.1. The zero-order valence-corrected chi connectivity index (χ0v) is 24.6. The van der Waals surface area contributed by atoms with E-state index < -0.39 is 10.0 Å². The molecule has 6 aromatic carbocycles. The molecule has 0 N–H and O–H groups in total. The van der Waals surface area contributed by atoms with Crippen molar-refractivity contribution in [1.29, 1.82) is 0 Å². The molecule has 1 aliphatic rings. The van der Waals surface area contributed by atoms with E-state index in [2.05, 4.69) is 162 Å². The summed E-state index contributed by atoms with van der Waals surface area (Å²) in [5, 5.41) is 1.07. The predicted molar refractivity (Wildman–Crippen MR) is 176 cm³/mol.